The van der Waals surface area contributed by atoms with Crippen molar-refractivity contribution in [2.45, 2.75) is 13.0 Å². The van der Waals surface area contributed by atoms with Crippen LogP contribution in [0, 0.1) is 0 Å². The van der Waals surface area contributed by atoms with Gasteiger partial charge >= 0.3 is 5.97 Å². The quantitative estimate of drug-likeness (QED) is 0.615. The molecule has 0 saturated heterocycles. The third-order valence-electron chi connectivity index (χ3n) is 3.36. The minimum absolute atomic E-state index is 0.113. The van der Waals surface area contributed by atoms with E-state index in [4.69, 9.17) is 33.0 Å². The van der Waals surface area contributed by atoms with Crippen LogP contribution >= 0.6 is 34.5 Å². The summed E-state index contributed by atoms with van der Waals surface area (Å²) in [6, 6.07) is 12.7. The zero-order valence-corrected chi connectivity index (χ0v) is 15.2. The van der Waals surface area contributed by atoms with Crippen LogP contribution in [0.4, 0.5) is 0 Å². The Bertz CT molecular complexity index is 894. The normalized spacial score (nSPS) is 10.6. The summed E-state index contributed by atoms with van der Waals surface area (Å²) < 4.78 is 5.91. The lowest BCUT2D eigenvalue weighted by Gasteiger charge is -2.11. The van der Waals surface area contributed by atoms with Gasteiger partial charge in [-0.15, -0.1) is 11.3 Å². The summed E-state index contributed by atoms with van der Waals surface area (Å²) in [4.78, 5) is 15.2. The van der Waals surface area contributed by atoms with Gasteiger partial charge in [0, 0.05) is 15.4 Å². The Labute approximate surface area is 158 Å². The number of halogens is 2. The summed E-state index contributed by atoms with van der Waals surface area (Å²) in [5.41, 5.74) is 2.23. The predicted molar refractivity (Wildman–Crippen MR) is 99.7 cm³/mol. The van der Waals surface area contributed by atoms with Crippen LogP contribution in [-0.4, -0.2) is 16.1 Å². The third-order valence-corrected chi connectivity index (χ3v) is 4.78. The predicted octanol–water partition coefficient (Wildman–Crippen LogP) is 5.32. The third kappa shape index (κ3) is 4.72. The number of carbonyl (C=O) groups is 1. The standard InChI is InChI=1S/C18H13Cl2NO3S/c19-12-3-1-11(2-4-12)9-24-16-6-5-13(20)7-15(16)18-21-14(10-25-18)8-17(22)23/h1-7,10H,8-9H2,(H,22,23). The molecule has 3 rings (SSSR count). The number of hydrogen-bond acceptors (Lipinski definition) is 4. The molecule has 1 N–H and O–H groups in total. The van der Waals surface area contributed by atoms with Gasteiger partial charge in [-0.25, -0.2) is 4.98 Å². The van der Waals surface area contributed by atoms with Crippen molar-refractivity contribution < 1.29 is 14.6 Å². The number of thiazole rings is 1. The maximum atomic E-state index is 10.8. The van der Waals surface area contributed by atoms with Gasteiger partial charge in [0.25, 0.3) is 0 Å². The molecule has 1 heterocycles. The molecule has 25 heavy (non-hydrogen) atoms. The van der Waals surface area contributed by atoms with Gasteiger partial charge in [0.05, 0.1) is 17.7 Å². The second kappa shape index (κ2) is 7.87. The summed E-state index contributed by atoms with van der Waals surface area (Å²) in [6.45, 7) is 0.374. The fraction of sp³-hybridized carbons (Fsp3) is 0.111. The van der Waals surface area contributed by atoms with Crippen molar-refractivity contribution in [3.05, 3.63) is 69.1 Å². The lowest BCUT2D eigenvalue weighted by molar-refractivity contribution is -0.136. The Morgan fingerprint density at radius 2 is 1.84 bits per heavy atom. The minimum Gasteiger partial charge on any atom is -0.488 e. The highest BCUT2D eigenvalue weighted by molar-refractivity contribution is 7.13. The Morgan fingerprint density at radius 1 is 1.12 bits per heavy atom. The Balaban J connectivity index is 1.83. The first-order valence-corrected chi connectivity index (χ1v) is 8.98. The number of hydrogen-bond donors (Lipinski definition) is 1. The van der Waals surface area contributed by atoms with Crippen molar-refractivity contribution in [3.63, 3.8) is 0 Å². The van der Waals surface area contributed by atoms with E-state index in [0.29, 0.717) is 33.1 Å². The summed E-state index contributed by atoms with van der Waals surface area (Å²) in [5.74, 6) is -0.280. The fourth-order valence-electron chi connectivity index (χ4n) is 2.20. The van der Waals surface area contributed by atoms with Crippen molar-refractivity contribution in [3.8, 4) is 16.3 Å². The van der Waals surface area contributed by atoms with Crippen LogP contribution in [-0.2, 0) is 17.8 Å². The molecular formula is C18H13Cl2NO3S. The van der Waals surface area contributed by atoms with Gasteiger partial charge in [0.1, 0.15) is 17.4 Å². The van der Waals surface area contributed by atoms with E-state index in [-0.39, 0.29) is 6.42 Å². The van der Waals surface area contributed by atoms with E-state index in [0.717, 1.165) is 11.1 Å². The highest BCUT2D eigenvalue weighted by atomic mass is 35.5. The molecule has 0 spiro atoms. The second-order valence-corrected chi connectivity index (χ2v) is 7.00. The average Bonchev–Trinajstić information content (AvgIpc) is 3.02. The lowest BCUT2D eigenvalue weighted by Crippen LogP contribution is -2.00. The first kappa shape index (κ1) is 17.7. The van der Waals surface area contributed by atoms with Crippen molar-refractivity contribution in [1.82, 2.24) is 4.98 Å². The molecule has 4 nitrogen and oxygen atoms in total. The first-order valence-electron chi connectivity index (χ1n) is 7.34. The maximum absolute atomic E-state index is 10.8. The van der Waals surface area contributed by atoms with Crippen molar-refractivity contribution in [2.75, 3.05) is 0 Å². The Morgan fingerprint density at radius 3 is 2.56 bits per heavy atom. The zero-order valence-electron chi connectivity index (χ0n) is 12.9. The van der Waals surface area contributed by atoms with Gasteiger partial charge < -0.3 is 9.84 Å². The zero-order chi connectivity index (χ0) is 17.8. The molecule has 3 aromatic rings. The molecule has 0 amide bonds. The van der Waals surface area contributed by atoms with E-state index in [9.17, 15) is 4.79 Å². The molecule has 1 aromatic heterocycles. The average molecular weight is 394 g/mol. The van der Waals surface area contributed by atoms with Crippen molar-refractivity contribution >= 4 is 40.5 Å². The highest BCUT2D eigenvalue weighted by Crippen LogP contribution is 2.35. The molecule has 0 aliphatic rings. The molecule has 0 unspecified atom stereocenters. The second-order valence-electron chi connectivity index (χ2n) is 5.27. The van der Waals surface area contributed by atoms with Gasteiger partial charge in [0.2, 0.25) is 0 Å². The van der Waals surface area contributed by atoms with Gasteiger partial charge in [0.15, 0.2) is 0 Å². The van der Waals surface area contributed by atoms with Crippen molar-refractivity contribution in [1.29, 1.82) is 0 Å². The summed E-state index contributed by atoms with van der Waals surface area (Å²) in [5, 5.41) is 12.5. The van der Waals surface area contributed by atoms with Gasteiger partial charge in [-0.3, -0.25) is 4.79 Å². The summed E-state index contributed by atoms with van der Waals surface area (Å²) >= 11 is 13.4. The van der Waals surface area contributed by atoms with Crippen LogP contribution < -0.4 is 4.74 Å². The number of aliphatic carboxylic acids is 1. The smallest absolute Gasteiger partial charge is 0.309 e. The number of carboxylic acid groups (broad SMARTS) is 1. The molecule has 0 fully saturated rings. The van der Waals surface area contributed by atoms with E-state index in [2.05, 4.69) is 4.98 Å². The van der Waals surface area contributed by atoms with E-state index in [1.807, 2.05) is 24.3 Å². The largest absolute Gasteiger partial charge is 0.488 e. The molecule has 0 aliphatic heterocycles. The number of carboxylic acids is 1. The van der Waals surface area contributed by atoms with E-state index >= 15 is 0 Å². The lowest BCUT2D eigenvalue weighted by atomic mass is 10.2. The Hall–Kier alpha value is -2.08. The van der Waals surface area contributed by atoms with Crippen LogP contribution in [0.1, 0.15) is 11.3 Å². The highest BCUT2D eigenvalue weighted by Gasteiger charge is 2.13. The molecule has 0 radical (unpaired) electrons. The number of aromatic nitrogens is 1. The van der Waals surface area contributed by atoms with Crippen LogP contribution in [0.2, 0.25) is 10.0 Å². The topological polar surface area (TPSA) is 59.4 Å². The van der Waals surface area contributed by atoms with Crippen LogP contribution in [0.5, 0.6) is 5.75 Å². The van der Waals surface area contributed by atoms with Crippen LogP contribution in [0.25, 0.3) is 10.6 Å². The van der Waals surface area contributed by atoms with Crippen LogP contribution in [0.3, 0.4) is 0 Å². The van der Waals surface area contributed by atoms with Crippen molar-refractivity contribution in [2.24, 2.45) is 0 Å². The van der Waals surface area contributed by atoms with Gasteiger partial charge in [-0.05, 0) is 35.9 Å². The van der Waals surface area contributed by atoms with Crippen LogP contribution in [0.15, 0.2) is 47.8 Å². The fourth-order valence-corrected chi connectivity index (χ4v) is 3.34. The number of rotatable bonds is 6. The van der Waals surface area contributed by atoms with E-state index < -0.39 is 5.97 Å². The first-order chi connectivity index (χ1) is 12.0. The Kier molecular flexibility index (Phi) is 5.58. The molecule has 0 aliphatic carbocycles. The monoisotopic (exact) mass is 393 g/mol. The molecule has 7 heteroatoms. The number of nitrogens with zero attached hydrogens (tertiary/aromatic N) is 1. The van der Waals surface area contributed by atoms with E-state index in [1.165, 1.54) is 11.3 Å². The molecule has 0 bridgehead atoms. The van der Waals surface area contributed by atoms with Gasteiger partial charge in [-0.1, -0.05) is 35.3 Å². The van der Waals surface area contributed by atoms with E-state index in [1.54, 1.807) is 23.6 Å². The summed E-state index contributed by atoms with van der Waals surface area (Å²) in [7, 11) is 0. The SMILES string of the molecule is O=C(O)Cc1csc(-c2cc(Cl)ccc2OCc2ccc(Cl)cc2)n1. The van der Waals surface area contributed by atoms with Gasteiger partial charge in [-0.2, -0.15) is 0 Å². The maximum Gasteiger partial charge on any atom is 0.309 e. The molecule has 0 atom stereocenters. The molecule has 2 aromatic carbocycles. The molecule has 0 saturated carbocycles. The summed E-state index contributed by atoms with van der Waals surface area (Å²) in [6.07, 6.45) is -0.113. The molecule has 128 valence electrons. The number of benzene rings is 2. The minimum atomic E-state index is -0.915. The molecular weight excluding hydrogens is 381 g/mol. The number of ether oxygens (including phenoxy) is 1.